The van der Waals surface area contributed by atoms with Crippen molar-refractivity contribution in [1.29, 1.82) is 0 Å². The van der Waals surface area contributed by atoms with Gasteiger partial charge in [0.05, 0.1) is 14.2 Å². The van der Waals surface area contributed by atoms with Gasteiger partial charge in [-0.15, -0.1) is 12.4 Å². The van der Waals surface area contributed by atoms with Crippen molar-refractivity contribution < 1.29 is 62.5 Å². The van der Waals surface area contributed by atoms with E-state index in [0.717, 1.165) is 160 Å². The number of likely N-dealkylation sites (tertiary alicyclic amines) is 1. The van der Waals surface area contributed by atoms with Crippen LogP contribution in [0.4, 0.5) is 4.79 Å². The molecule has 0 aromatic heterocycles. The van der Waals surface area contributed by atoms with Gasteiger partial charge in [0.1, 0.15) is 50.9 Å². The molecular formula is C60H95ClN8O13. The van der Waals surface area contributed by atoms with Gasteiger partial charge in [-0.3, -0.25) is 33.6 Å². The Hall–Kier alpha value is -5.54. The van der Waals surface area contributed by atoms with E-state index < -0.39 is 62.3 Å². The average Bonchev–Trinajstić information content (AvgIpc) is 3.98. The van der Waals surface area contributed by atoms with E-state index in [-0.39, 0.29) is 61.9 Å². The summed E-state index contributed by atoms with van der Waals surface area (Å²) >= 11 is 0. The third-order valence-corrected chi connectivity index (χ3v) is 19.5. The van der Waals surface area contributed by atoms with Gasteiger partial charge >= 0.3 is 24.0 Å². The summed E-state index contributed by atoms with van der Waals surface area (Å²) < 4.78 is 14.9. The minimum Gasteiger partial charge on any atom is -0.480 e. The molecule has 2 spiro atoms. The van der Waals surface area contributed by atoms with Crippen LogP contribution in [0.15, 0.2) is 30.3 Å². The molecule has 21 nitrogen and oxygen atoms in total. The molecule has 1 aromatic carbocycles. The topological polar surface area (TPSA) is 271 Å². The van der Waals surface area contributed by atoms with Crippen molar-refractivity contribution >= 4 is 65.9 Å². The Morgan fingerprint density at radius 1 is 0.585 bits per heavy atom. The number of fused-ring (bicyclic) bond motifs is 2. The number of piperazine rings is 2. The van der Waals surface area contributed by atoms with Gasteiger partial charge in [0.2, 0.25) is 29.5 Å². The Morgan fingerprint density at radius 2 is 1.04 bits per heavy atom. The number of esters is 2. The van der Waals surface area contributed by atoms with Crippen LogP contribution < -0.4 is 26.6 Å². The maximum atomic E-state index is 13.5. The van der Waals surface area contributed by atoms with Crippen LogP contribution in [0.2, 0.25) is 0 Å². The highest BCUT2D eigenvalue weighted by Gasteiger charge is 2.60. The fourth-order valence-corrected chi connectivity index (χ4v) is 14.2. The van der Waals surface area contributed by atoms with Gasteiger partial charge < -0.3 is 60.6 Å². The number of hydrogen-bond acceptors (Lipinski definition) is 14. The lowest BCUT2D eigenvalue weighted by molar-refractivity contribution is -0.160. The molecule has 82 heavy (non-hydrogen) atoms. The van der Waals surface area contributed by atoms with Gasteiger partial charge in [0.25, 0.3) is 0 Å². The van der Waals surface area contributed by atoms with E-state index in [2.05, 4.69) is 31.3 Å². The van der Waals surface area contributed by atoms with Gasteiger partial charge in [-0.05, 0) is 150 Å². The molecule has 0 unspecified atom stereocenters. The zero-order chi connectivity index (χ0) is 58.2. The van der Waals surface area contributed by atoms with Gasteiger partial charge in [-0.25, -0.2) is 9.59 Å². The molecule has 6 saturated heterocycles. The van der Waals surface area contributed by atoms with Crippen molar-refractivity contribution in [3.8, 4) is 0 Å². The van der Waals surface area contributed by atoms with Crippen molar-refractivity contribution in [2.45, 2.75) is 240 Å². The fourth-order valence-electron chi connectivity index (χ4n) is 14.2. The zero-order valence-corrected chi connectivity index (χ0v) is 49.8. The molecule has 11 rings (SSSR count). The number of methoxy groups -OCH3 is 2. The Labute approximate surface area is 491 Å². The highest BCUT2D eigenvalue weighted by Crippen LogP contribution is 2.44. The van der Waals surface area contributed by atoms with E-state index in [1.54, 1.807) is 18.9 Å². The van der Waals surface area contributed by atoms with Crippen LogP contribution in [0.1, 0.15) is 195 Å². The number of nitrogens with one attached hydrogen (secondary N) is 5. The predicted molar refractivity (Wildman–Crippen MR) is 309 cm³/mol. The molecule has 4 aliphatic carbocycles. The maximum absolute atomic E-state index is 13.5. The number of carbonyl (C=O) groups is 9. The standard InChI is InChI=1S/C21H28N2O5.2C12H18N2O2.2C7H13NO2.CH4.ClH/c1-20(18(25)27-2)11-8-14-23(20)17(24)21(12-6-7-13-21)22-19(26)28-15-16-9-4-3-5-10-16;2*1-11-5-4-8-14(11)10(16)12(13-9(11)15)6-2-3-7-12;1-7(6(9)10-2)4-3-5-8-7;1-8-7(6(9)10)4-2-3-5-7;;/h3-5,9-10H,6-8,11-15H2,1-2H3,(H,22,26);2*2-8H2,1H3,(H,13,15);8H,3-5H2,1-2H3;8H,2-5H2,1H3,(H,9,10);1H4;1H/t20-;2*11-;7-;;;/m0000.../s1. The molecule has 10 fully saturated rings. The smallest absolute Gasteiger partial charge is 0.408 e. The van der Waals surface area contributed by atoms with Gasteiger partial charge in [0.15, 0.2) is 0 Å². The summed E-state index contributed by atoms with van der Waals surface area (Å²) in [7, 11) is 4.48. The number of carboxylic acids is 1. The number of amides is 6. The van der Waals surface area contributed by atoms with Crippen LogP contribution in [-0.2, 0) is 59.2 Å². The van der Waals surface area contributed by atoms with E-state index in [1.807, 2.05) is 60.9 Å². The van der Waals surface area contributed by atoms with Crippen molar-refractivity contribution in [3.63, 3.8) is 0 Å². The first-order valence-corrected chi connectivity index (χ1v) is 29.4. The van der Waals surface area contributed by atoms with Gasteiger partial charge in [-0.1, -0.05) is 89.1 Å². The number of halogens is 1. The second kappa shape index (κ2) is 27.4. The van der Waals surface area contributed by atoms with Crippen LogP contribution in [0.3, 0.4) is 0 Å². The molecule has 1 aromatic rings. The summed E-state index contributed by atoms with van der Waals surface area (Å²) in [6.07, 6.45) is 20.0. The number of carboxylic acid groups (broad SMARTS) is 1. The normalized spacial score (nSPS) is 29.0. The monoisotopic (exact) mass is 1170 g/mol. The lowest BCUT2D eigenvalue weighted by atomic mass is 9.85. The Bertz CT molecular complexity index is 2380. The summed E-state index contributed by atoms with van der Waals surface area (Å²) in [5, 5.41) is 23.7. The lowest BCUT2D eigenvalue weighted by Gasteiger charge is -2.46. The molecular weight excluding hydrogens is 1080 g/mol. The average molecular weight is 1170 g/mol. The Balaban J connectivity index is 0.000000198. The fraction of sp³-hybridized carbons (Fsp3) is 0.750. The first-order chi connectivity index (χ1) is 38.0. The van der Waals surface area contributed by atoms with Crippen molar-refractivity contribution in [2.24, 2.45) is 0 Å². The Morgan fingerprint density at radius 3 is 1.45 bits per heavy atom. The number of aliphatic carboxylic acids is 1. The van der Waals surface area contributed by atoms with Gasteiger partial charge in [-0.2, -0.15) is 0 Å². The molecule has 460 valence electrons. The van der Waals surface area contributed by atoms with Crippen LogP contribution in [0.25, 0.3) is 0 Å². The summed E-state index contributed by atoms with van der Waals surface area (Å²) in [6, 6.07) is 9.38. The largest absolute Gasteiger partial charge is 0.480 e. The molecule has 10 aliphatic rings. The highest BCUT2D eigenvalue weighted by molar-refractivity contribution is 6.03. The molecule has 0 bridgehead atoms. The molecule has 0 radical (unpaired) electrons. The van der Waals surface area contributed by atoms with E-state index in [4.69, 9.17) is 14.6 Å². The Kier molecular flexibility index (Phi) is 22.5. The molecule has 6 heterocycles. The molecule has 4 saturated carbocycles. The van der Waals surface area contributed by atoms with Crippen molar-refractivity contribution in [3.05, 3.63) is 35.9 Å². The number of rotatable bonds is 8. The number of hydrogen-bond donors (Lipinski definition) is 6. The quantitative estimate of drug-likeness (QED) is 0.122. The lowest BCUT2D eigenvalue weighted by Crippen LogP contribution is -2.72. The van der Waals surface area contributed by atoms with Crippen LogP contribution >= 0.6 is 12.4 Å². The molecule has 6 amide bonds. The highest BCUT2D eigenvalue weighted by atomic mass is 35.5. The number of benzene rings is 1. The van der Waals surface area contributed by atoms with E-state index >= 15 is 0 Å². The minimum atomic E-state index is -1.02. The SMILES string of the molecule is C.CNC1(C(=O)O)CCCC1.COC(=O)[C@]1(C)CCCN1.COC(=O)[C@]1(C)CCCN1C(=O)C1(NC(=O)OCc2ccccc2)CCCC1.C[C@@]12CCCN1C(=O)C1(CCCC1)NC2=O.C[C@@]12CCCN1C(=O)C1(CCCC1)NC2=O.Cl. The third kappa shape index (κ3) is 13.4. The second-order valence-electron chi connectivity index (χ2n) is 24.7. The van der Waals surface area contributed by atoms with Crippen LogP contribution in [0, 0.1) is 0 Å². The maximum Gasteiger partial charge on any atom is 0.408 e. The zero-order valence-electron chi connectivity index (χ0n) is 49.0. The van der Waals surface area contributed by atoms with E-state index in [9.17, 15) is 43.2 Å². The number of nitrogens with zero attached hydrogens (tertiary/aromatic N) is 3. The van der Waals surface area contributed by atoms with Crippen molar-refractivity contribution in [2.75, 3.05) is 47.4 Å². The molecule has 22 heteroatoms. The summed E-state index contributed by atoms with van der Waals surface area (Å²) in [5.74, 6) is -1.02. The predicted octanol–water partition coefficient (Wildman–Crippen LogP) is 6.36. The second-order valence-corrected chi connectivity index (χ2v) is 24.7. The minimum absolute atomic E-state index is 0. The summed E-state index contributed by atoms with van der Waals surface area (Å²) in [6.45, 7) is 10.5. The van der Waals surface area contributed by atoms with Crippen LogP contribution in [0.5, 0.6) is 0 Å². The molecule has 4 atom stereocenters. The van der Waals surface area contributed by atoms with E-state index in [1.165, 1.54) is 14.2 Å². The van der Waals surface area contributed by atoms with Crippen molar-refractivity contribution in [1.82, 2.24) is 41.3 Å². The molecule has 6 N–H and O–H groups in total. The first kappa shape index (κ1) is 67.3. The summed E-state index contributed by atoms with van der Waals surface area (Å²) in [5.41, 5.74) is -4.35. The molecule has 6 aliphatic heterocycles. The summed E-state index contributed by atoms with van der Waals surface area (Å²) in [4.78, 5) is 115. The van der Waals surface area contributed by atoms with E-state index in [0.29, 0.717) is 25.8 Å². The third-order valence-electron chi connectivity index (χ3n) is 19.5. The van der Waals surface area contributed by atoms with Crippen LogP contribution in [-0.4, -0.2) is 165 Å². The van der Waals surface area contributed by atoms with Gasteiger partial charge in [0, 0.05) is 19.6 Å². The number of ether oxygens (including phenoxy) is 3. The first-order valence-electron chi connectivity index (χ1n) is 29.4. The number of alkyl carbamates (subject to hydrolysis) is 1. The number of carbonyl (C=O) groups excluding carboxylic acids is 8. The number of likely N-dealkylation sites (N-methyl/N-ethyl adjacent to an activating group) is 1.